The molecule has 0 saturated carbocycles. The number of hydrogen-bond acceptors (Lipinski definition) is 7. The maximum absolute atomic E-state index is 12.0. The molecule has 0 aliphatic heterocycles. The van der Waals surface area contributed by atoms with E-state index in [2.05, 4.69) is 37.1 Å². The van der Waals surface area contributed by atoms with Crippen molar-refractivity contribution in [1.29, 1.82) is 0 Å². The molecule has 0 atom stereocenters. The van der Waals surface area contributed by atoms with Crippen LogP contribution < -0.4 is 0 Å². The predicted octanol–water partition coefficient (Wildman–Crippen LogP) is 6.37. The fourth-order valence-corrected chi connectivity index (χ4v) is 4.78. The Morgan fingerprint density at radius 1 is 0.655 bits per heavy atom. The first-order chi connectivity index (χ1) is 14.1. The summed E-state index contributed by atoms with van der Waals surface area (Å²) in [6, 6.07) is 0. The minimum absolute atomic E-state index is 0.239. The third kappa shape index (κ3) is 21.7. The van der Waals surface area contributed by atoms with E-state index in [4.69, 9.17) is 0 Å². The lowest BCUT2D eigenvalue weighted by molar-refractivity contribution is -0.111. The fourth-order valence-electron chi connectivity index (χ4n) is 3.12. The standard InChI is InChI=1S/C22H43NO2S4/c1-2-3-4-5-6-7-8-9-10-11-14-23(15-12-21(24)28-19-17-26)16-13-22(25)29-20-18-27/h26-27H,2-20H2,1H3. The van der Waals surface area contributed by atoms with Crippen LogP contribution >= 0.6 is 48.8 Å². The van der Waals surface area contributed by atoms with Crippen molar-refractivity contribution in [3.05, 3.63) is 0 Å². The normalized spacial score (nSPS) is 11.3. The minimum atomic E-state index is 0.239. The van der Waals surface area contributed by atoms with Crippen LogP contribution in [-0.4, -0.2) is 57.8 Å². The van der Waals surface area contributed by atoms with Crippen LogP contribution in [0.5, 0.6) is 0 Å². The van der Waals surface area contributed by atoms with Gasteiger partial charge in [-0.05, 0) is 24.5 Å². The maximum Gasteiger partial charge on any atom is 0.190 e. The van der Waals surface area contributed by atoms with E-state index in [-0.39, 0.29) is 10.2 Å². The molecule has 0 heterocycles. The molecular formula is C22H43NO2S4. The summed E-state index contributed by atoms with van der Waals surface area (Å²) in [5.41, 5.74) is 0. The smallest absolute Gasteiger partial charge is 0.190 e. The molecule has 0 aromatic carbocycles. The number of thiol groups is 2. The molecule has 0 N–H and O–H groups in total. The number of rotatable bonds is 21. The van der Waals surface area contributed by atoms with Gasteiger partial charge in [-0.1, -0.05) is 88.2 Å². The van der Waals surface area contributed by atoms with Crippen molar-refractivity contribution in [1.82, 2.24) is 4.90 Å². The van der Waals surface area contributed by atoms with Crippen molar-refractivity contribution in [3.63, 3.8) is 0 Å². The van der Waals surface area contributed by atoms with Crippen LogP contribution in [0.4, 0.5) is 0 Å². The van der Waals surface area contributed by atoms with Crippen LogP contribution in [-0.2, 0) is 9.59 Å². The zero-order valence-corrected chi connectivity index (χ0v) is 21.8. The quantitative estimate of drug-likeness (QED) is 0.147. The van der Waals surface area contributed by atoms with Gasteiger partial charge in [-0.2, -0.15) is 25.3 Å². The van der Waals surface area contributed by atoms with Gasteiger partial charge in [0.25, 0.3) is 0 Å². The molecule has 0 aliphatic carbocycles. The first kappa shape index (κ1) is 29.7. The van der Waals surface area contributed by atoms with Gasteiger partial charge in [-0.15, -0.1) is 0 Å². The van der Waals surface area contributed by atoms with E-state index in [9.17, 15) is 9.59 Å². The molecule has 0 saturated heterocycles. The third-order valence-corrected chi connectivity index (χ3v) is 7.72. The lowest BCUT2D eigenvalue weighted by Gasteiger charge is -2.21. The van der Waals surface area contributed by atoms with Gasteiger partial charge in [0.15, 0.2) is 10.2 Å². The number of carbonyl (C=O) groups excluding carboxylic acids is 2. The average Bonchev–Trinajstić information content (AvgIpc) is 2.73. The van der Waals surface area contributed by atoms with E-state index in [1.54, 1.807) is 0 Å². The third-order valence-electron chi connectivity index (χ3n) is 4.80. The highest BCUT2D eigenvalue weighted by molar-refractivity contribution is 8.14. The van der Waals surface area contributed by atoms with Gasteiger partial charge in [-0.3, -0.25) is 9.59 Å². The lowest BCUT2D eigenvalue weighted by atomic mass is 10.1. The topological polar surface area (TPSA) is 37.4 Å². The van der Waals surface area contributed by atoms with Crippen molar-refractivity contribution in [2.75, 3.05) is 42.6 Å². The minimum Gasteiger partial charge on any atom is -0.302 e. The molecule has 0 fully saturated rings. The molecule has 0 aromatic rings. The molecule has 7 heteroatoms. The largest absolute Gasteiger partial charge is 0.302 e. The molecule has 3 nitrogen and oxygen atoms in total. The summed E-state index contributed by atoms with van der Waals surface area (Å²) in [6.45, 7) is 4.78. The van der Waals surface area contributed by atoms with Gasteiger partial charge in [0.2, 0.25) is 0 Å². The second kappa shape index (κ2) is 23.4. The van der Waals surface area contributed by atoms with E-state index in [1.165, 1.54) is 81.3 Å². The van der Waals surface area contributed by atoms with Crippen LogP contribution in [0, 0.1) is 0 Å². The van der Waals surface area contributed by atoms with E-state index < -0.39 is 0 Å². The van der Waals surface area contributed by atoms with Crippen molar-refractivity contribution < 1.29 is 9.59 Å². The predicted molar refractivity (Wildman–Crippen MR) is 140 cm³/mol. The van der Waals surface area contributed by atoms with Crippen LogP contribution in [0.15, 0.2) is 0 Å². The second-order valence-corrected chi connectivity index (χ2v) is 10.6. The highest BCUT2D eigenvalue weighted by Gasteiger charge is 2.11. The Morgan fingerprint density at radius 3 is 1.48 bits per heavy atom. The van der Waals surface area contributed by atoms with Crippen LogP contribution in [0.2, 0.25) is 0 Å². The van der Waals surface area contributed by atoms with Gasteiger partial charge in [0.1, 0.15) is 0 Å². The summed E-state index contributed by atoms with van der Waals surface area (Å²) >= 11 is 11.1. The zero-order valence-electron chi connectivity index (χ0n) is 18.4. The Morgan fingerprint density at radius 2 is 1.07 bits per heavy atom. The highest BCUT2D eigenvalue weighted by atomic mass is 32.2. The first-order valence-electron chi connectivity index (χ1n) is 11.4. The average molecular weight is 482 g/mol. The van der Waals surface area contributed by atoms with Gasteiger partial charge < -0.3 is 4.90 Å². The van der Waals surface area contributed by atoms with E-state index in [0.717, 1.165) is 49.1 Å². The SMILES string of the molecule is CCCCCCCCCCCCN(CCC(=O)SCCS)CCC(=O)SCCS. The molecule has 0 unspecified atom stereocenters. The molecular weight excluding hydrogens is 439 g/mol. The Hall–Kier alpha value is 0.700. The molecule has 0 aromatic heterocycles. The van der Waals surface area contributed by atoms with Gasteiger partial charge in [-0.25, -0.2) is 0 Å². The number of carbonyl (C=O) groups is 2. The number of thioether (sulfide) groups is 2. The summed E-state index contributed by atoms with van der Waals surface area (Å²) in [4.78, 5) is 26.2. The fraction of sp³-hybridized carbons (Fsp3) is 0.909. The second-order valence-electron chi connectivity index (χ2n) is 7.41. The summed E-state index contributed by atoms with van der Waals surface area (Å²) < 4.78 is 0. The lowest BCUT2D eigenvalue weighted by Crippen LogP contribution is -2.29. The molecule has 0 rings (SSSR count). The first-order valence-corrected chi connectivity index (χ1v) is 14.6. The number of nitrogens with zero attached hydrogens (tertiary/aromatic N) is 1. The zero-order chi connectivity index (χ0) is 21.6. The molecule has 172 valence electrons. The molecule has 0 spiro atoms. The van der Waals surface area contributed by atoms with Gasteiger partial charge >= 0.3 is 0 Å². The van der Waals surface area contributed by atoms with Crippen molar-refractivity contribution in [2.24, 2.45) is 0 Å². The van der Waals surface area contributed by atoms with Gasteiger partial charge in [0.05, 0.1) is 0 Å². The van der Waals surface area contributed by atoms with Crippen LogP contribution in [0.3, 0.4) is 0 Å². The Kier molecular flexibility index (Phi) is 23.9. The molecule has 0 bridgehead atoms. The van der Waals surface area contributed by atoms with E-state index in [0.29, 0.717) is 12.8 Å². The van der Waals surface area contributed by atoms with Crippen molar-refractivity contribution >= 4 is 59.0 Å². The van der Waals surface area contributed by atoms with E-state index >= 15 is 0 Å². The van der Waals surface area contributed by atoms with Crippen LogP contribution in [0.25, 0.3) is 0 Å². The summed E-state index contributed by atoms with van der Waals surface area (Å²) in [5, 5.41) is 0.478. The van der Waals surface area contributed by atoms with E-state index in [1.807, 2.05) is 0 Å². The van der Waals surface area contributed by atoms with Crippen molar-refractivity contribution in [2.45, 2.75) is 84.0 Å². The highest BCUT2D eigenvalue weighted by Crippen LogP contribution is 2.13. The monoisotopic (exact) mass is 481 g/mol. The molecule has 0 radical (unpaired) electrons. The molecule has 0 amide bonds. The maximum atomic E-state index is 12.0. The Bertz CT molecular complexity index is 373. The van der Waals surface area contributed by atoms with Crippen LogP contribution in [0.1, 0.15) is 84.0 Å². The Labute approximate surface area is 199 Å². The molecule has 29 heavy (non-hydrogen) atoms. The van der Waals surface area contributed by atoms with Gasteiger partial charge in [0, 0.05) is 37.4 Å². The number of unbranched alkanes of at least 4 members (excludes halogenated alkanes) is 9. The summed E-state index contributed by atoms with van der Waals surface area (Å²) in [6.07, 6.45) is 14.4. The van der Waals surface area contributed by atoms with Crippen molar-refractivity contribution in [3.8, 4) is 0 Å². The summed E-state index contributed by atoms with van der Waals surface area (Å²) in [7, 11) is 0. The Balaban J connectivity index is 4.00. The summed E-state index contributed by atoms with van der Waals surface area (Å²) in [5.74, 6) is 3.02. The number of hydrogen-bond donors (Lipinski definition) is 2. The molecule has 0 aliphatic rings.